The molecule has 4 aromatic rings. The number of carbonyl (C=O) groups is 1. The van der Waals surface area contributed by atoms with Crippen LogP contribution in [-0.4, -0.2) is 39.5 Å². The zero-order valence-corrected chi connectivity index (χ0v) is 24.0. The van der Waals surface area contributed by atoms with Crippen LogP contribution in [0, 0.1) is 44.5 Å². The maximum Gasteiger partial charge on any atom is 0.223 e. The number of benzene rings is 1. The first-order chi connectivity index (χ1) is 18.9. The number of amides is 1. The van der Waals surface area contributed by atoms with Crippen molar-refractivity contribution < 1.29 is 4.79 Å². The van der Waals surface area contributed by atoms with Gasteiger partial charge in [0.2, 0.25) is 5.91 Å². The summed E-state index contributed by atoms with van der Waals surface area (Å²) in [5.74, 6) is 13.1. The molecule has 3 N–H and O–H groups in total. The molecule has 0 saturated carbocycles. The molecule has 3 aromatic heterocycles. The van der Waals surface area contributed by atoms with E-state index in [1.54, 1.807) is 11.3 Å². The van der Waals surface area contributed by atoms with Crippen molar-refractivity contribution in [2.75, 3.05) is 13.1 Å². The zero-order valence-electron chi connectivity index (χ0n) is 21.6. The van der Waals surface area contributed by atoms with Gasteiger partial charge in [0, 0.05) is 32.0 Å². The van der Waals surface area contributed by atoms with Crippen molar-refractivity contribution in [3.05, 3.63) is 84.4 Å². The van der Waals surface area contributed by atoms with Gasteiger partial charge in [-0.25, -0.2) is 0 Å². The molecule has 0 spiro atoms. The minimum atomic E-state index is -0.523. The summed E-state index contributed by atoms with van der Waals surface area (Å²) in [7, 11) is 0. The molecule has 0 radical (unpaired) electrons. The number of thiophene rings is 2. The van der Waals surface area contributed by atoms with Gasteiger partial charge in [-0.15, -0.1) is 32.9 Å². The molecule has 0 fully saturated rings. The average Bonchev–Trinajstić information content (AvgIpc) is 3.59. The Bertz CT molecular complexity index is 1710. The molecule has 1 amide bonds. The molecule has 4 heterocycles. The topological polar surface area (TPSA) is 98.2 Å². The molecule has 0 aliphatic carbocycles. The van der Waals surface area contributed by atoms with Gasteiger partial charge in [0.15, 0.2) is 5.82 Å². The van der Waals surface area contributed by atoms with Crippen LogP contribution in [0.15, 0.2) is 40.7 Å². The van der Waals surface area contributed by atoms with E-state index in [4.69, 9.17) is 22.3 Å². The molecule has 39 heavy (non-hydrogen) atoms. The fourth-order valence-electron chi connectivity index (χ4n) is 4.27. The van der Waals surface area contributed by atoms with Crippen LogP contribution in [0.25, 0.3) is 5.00 Å². The van der Waals surface area contributed by atoms with E-state index in [2.05, 4.69) is 53.0 Å². The molecule has 1 aliphatic heterocycles. The van der Waals surface area contributed by atoms with E-state index in [1.807, 2.05) is 47.2 Å². The van der Waals surface area contributed by atoms with Crippen molar-refractivity contribution in [2.24, 2.45) is 10.7 Å². The number of nitrogens with two attached hydrogens (primary N) is 1. The van der Waals surface area contributed by atoms with Gasteiger partial charge in [-0.1, -0.05) is 47.4 Å². The summed E-state index contributed by atoms with van der Waals surface area (Å²) >= 11 is 9.37. The molecule has 10 heteroatoms. The molecule has 5 rings (SSSR count). The highest BCUT2D eigenvalue weighted by molar-refractivity contribution is 7.15. The van der Waals surface area contributed by atoms with Crippen LogP contribution < -0.4 is 11.1 Å². The Morgan fingerprint density at radius 2 is 1.95 bits per heavy atom. The SMILES string of the molecule is Cc1sc2c(c1C)C(c1ccc(Cl)cc1)=N[C@@H](CC(=O)NCC#Cc1csc(C#CCN)c1)c1nnc(C)n1-2. The molecule has 1 aliphatic rings. The number of rotatable bonds is 4. The summed E-state index contributed by atoms with van der Waals surface area (Å²) in [4.78, 5) is 20.3. The summed E-state index contributed by atoms with van der Waals surface area (Å²) in [5, 5.41) is 15.3. The number of aryl methyl sites for hydroxylation is 2. The Balaban J connectivity index is 1.41. The first-order valence-corrected chi connectivity index (χ1v) is 14.3. The highest BCUT2D eigenvalue weighted by atomic mass is 35.5. The summed E-state index contributed by atoms with van der Waals surface area (Å²) in [5.41, 5.74) is 10.2. The minimum absolute atomic E-state index is 0.112. The second-order valence-corrected chi connectivity index (χ2v) is 11.4. The molecule has 0 saturated heterocycles. The van der Waals surface area contributed by atoms with Crippen LogP contribution in [0.3, 0.4) is 0 Å². The van der Waals surface area contributed by atoms with E-state index in [0.717, 1.165) is 43.7 Å². The van der Waals surface area contributed by atoms with Gasteiger partial charge in [-0.2, -0.15) is 0 Å². The minimum Gasteiger partial charge on any atom is -0.345 e. The van der Waals surface area contributed by atoms with Crippen molar-refractivity contribution in [3.63, 3.8) is 0 Å². The van der Waals surface area contributed by atoms with Crippen molar-refractivity contribution in [2.45, 2.75) is 33.2 Å². The predicted octanol–water partition coefficient (Wildman–Crippen LogP) is 4.73. The number of nitrogens with zero attached hydrogens (tertiary/aromatic N) is 4. The van der Waals surface area contributed by atoms with E-state index < -0.39 is 6.04 Å². The number of carbonyl (C=O) groups excluding carboxylic acids is 1. The van der Waals surface area contributed by atoms with Crippen LogP contribution in [0.4, 0.5) is 0 Å². The molecular weight excluding hydrogens is 548 g/mol. The molecular formula is C29H25ClN6OS2. The summed E-state index contributed by atoms with van der Waals surface area (Å²) < 4.78 is 2.03. The van der Waals surface area contributed by atoms with Crippen molar-refractivity contribution in [1.82, 2.24) is 20.1 Å². The van der Waals surface area contributed by atoms with E-state index in [0.29, 0.717) is 17.4 Å². The molecule has 196 valence electrons. The smallest absolute Gasteiger partial charge is 0.223 e. The number of fused-ring (bicyclic) bond motifs is 3. The number of hydrogen-bond donors (Lipinski definition) is 2. The van der Waals surface area contributed by atoms with E-state index in [-0.39, 0.29) is 18.9 Å². The van der Waals surface area contributed by atoms with Crippen LogP contribution in [0.1, 0.15) is 56.1 Å². The second kappa shape index (κ2) is 11.6. The molecule has 0 unspecified atom stereocenters. The highest BCUT2D eigenvalue weighted by Gasteiger charge is 2.32. The van der Waals surface area contributed by atoms with Gasteiger partial charge < -0.3 is 11.1 Å². The quantitative estimate of drug-likeness (QED) is 0.345. The third-order valence-electron chi connectivity index (χ3n) is 6.26. The normalized spacial score (nSPS) is 13.7. The first-order valence-electron chi connectivity index (χ1n) is 12.2. The molecule has 0 bridgehead atoms. The number of aliphatic imine (C=N–C) groups is 1. The van der Waals surface area contributed by atoms with E-state index in [1.165, 1.54) is 16.2 Å². The lowest BCUT2D eigenvalue weighted by Crippen LogP contribution is -2.25. The number of hydrogen-bond acceptors (Lipinski definition) is 7. The Hall–Kier alpha value is -3.73. The Morgan fingerprint density at radius 3 is 2.72 bits per heavy atom. The summed E-state index contributed by atoms with van der Waals surface area (Å²) in [6.45, 7) is 6.66. The number of nitrogens with one attached hydrogen (secondary N) is 1. The number of halogens is 1. The van der Waals surface area contributed by atoms with Gasteiger partial charge >= 0.3 is 0 Å². The van der Waals surface area contributed by atoms with Gasteiger partial charge in [-0.3, -0.25) is 14.4 Å². The maximum absolute atomic E-state index is 13.0. The van der Waals surface area contributed by atoms with Crippen LogP contribution in [0.2, 0.25) is 5.02 Å². The van der Waals surface area contributed by atoms with Gasteiger partial charge in [0.25, 0.3) is 0 Å². The Morgan fingerprint density at radius 1 is 1.15 bits per heavy atom. The van der Waals surface area contributed by atoms with Gasteiger partial charge in [0.05, 0.1) is 30.1 Å². The monoisotopic (exact) mass is 572 g/mol. The second-order valence-electron chi connectivity index (χ2n) is 8.89. The van der Waals surface area contributed by atoms with Gasteiger partial charge in [-0.05, 0) is 44.5 Å². The van der Waals surface area contributed by atoms with E-state index in [9.17, 15) is 4.79 Å². The van der Waals surface area contributed by atoms with Gasteiger partial charge in [0.1, 0.15) is 16.9 Å². The standard InChI is InChI=1S/C29H25ClN6OS2/c1-17-18(2)39-29-26(17)27(21-8-10-22(30)11-9-21)33-24(28-35-34-19(3)36(28)29)15-25(37)32-13-5-6-20-14-23(38-16-20)7-4-12-31/h8-11,14,16,24H,12-13,15,31H2,1-3H3,(H,32,37)/t24-/m0/s1. The molecule has 1 atom stereocenters. The Kier molecular flexibility index (Phi) is 7.97. The summed E-state index contributed by atoms with van der Waals surface area (Å²) in [6, 6.07) is 9.01. The lowest BCUT2D eigenvalue weighted by atomic mass is 9.99. The fourth-order valence-corrected chi connectivity index (χ4v) is 6.32. The van der Waals surface area contributed by atoms with Crippen LogP contribution in [0.5, 0.6) is 0 Å². The average molecular weight is 573 g/mol. The fraction of sp³-hybridized carbons (Fsp3) is 0.241. The summed E-state index contributed by atoms with van der Waals surface area (Å²) in [6.07, 6.45) is 0.112. The largest absolute Gasteiger partial charge is 0.345 e. The zero-order chi connectivity index (χ0) is 27.5. The first kappa shape index (κ1) is 26.9. The third-order valence-corrected chi connectivity index (χ3v) is 8.55. The van der Waals surface area contributed by atoms with Crippen molar-refractivity contribution in [3.8, 4) is 28.7 Å². The van der Waals surface area contributed by atoms with Crippen LogP contribution in [-0.2, 0) is 4.79 Å². The lowest BCUT2D eigenvalue weighted by molar-refractivity contribution is -0.121. The Labute approximate surface area is 240 Å². The lowest BCUT2D eigenvalue weighted by Gasteiger charge is -2.12. The van der Waals surface area contributed by atoms with Crippen molar-refractivity contribution >= 4 is 45.9 Å². The molecule has 7 nitrogen and oxygen atoms in total. The highest BCUT2D eigenvalue weighted by Crippen LogP contribution is 2.39. The maximum atomic E-state index is 13.0. The predicted molar refractivity (Wildman–Crippen MR) is 158 cm³/mol. The van der Waals surface area contributed by atoms with E-state index >= 15 is 0 Å². The third kappa shape index (κ3) is 5.68. The molecule has 1 aromatic carbocycles. The van der Waals surface area contributed by atoms with Crippen LogP contribution >= 0.6 is 34.3 Å². The number of aromatic nitrogens is 3. The van der Waals surface area contributed by atoms with Crippen molar-refractivity contribution in [1.29, 1.82) is 0 Å².